The quantitative estimate of drug-likeness (QED) is 0.484. The van der Waals surface area contributed by atoms with E-state index in [4.69, 9.17) is 9.15 Å². The molecule has 0 aliphatic carbocycles. The molecule has 2 aromatic carbocycles. The highest BCUT2D eigenvalue weighted by Gasteiger charge is 2.26. The van der Waals surface area contributed by atoms with E-state index < -0.39 is 0 Å². The molecule has 2 heterocycles. The molecule has 0 atom stereocenters. The van der Waals surface area contributed by atoms with Gasteiger partial charge in [-0.05, 0) is 70.0 Å². The van der Waals surface area contributed by atoms with Gasteiger partial charge in [0.15, 0.2) is 5.76 Å². The molecule has 3 aromatic rings. The zero-order valence-corrected chi connectivity index (χ0v) is 15.9. The molecule has 1 aromatic heterocycles. The predicted octanol–water partition coefficient (Wildman–Crippen LogP) is 4.77. The van der Waals surface area contributed by atoms with Gasteiger partial charge in [-0.2, -0.15) is 0 Å². The SMILES string of the molecule is COc1ccc(/C=C2\C(=O)Nc3ccc(C(=O)c4ccco4)cc32)cc1Br. The lowest BCUT2D eigenvalue weighted by Crippen LogP contribution is -2.03. The number of methoxy groups -OCH3 is 1. The third-order valence-electron chi connectivity index (χ3n) is 4.30. The Bertz CT molecular complexity index is 1080. The molecule has 1 N–H and O–H groups in total. The summed E-state index contributed by atoms with van der Waals surface area (Å²) in [6.07, 6.45) is 3.24. The van der Waals surface area contributed by atoms with Gasteiger partial charge in [0.25, 0.3) is 5.91 Å². The van der Waals surface area contributed by atoms with Crippen molar-refractivity contribution >= 4 is 45.0 Å². The van der Waals surface area contributed by atoms with Crippen molar-refractivity contribution in [3.8, 4) is 5.75 Å². The van der Waals surface area contributed by atoms with E-state index in [1.165, 1.54) is 6.26 Å². The number of carbonyl (C=O) groups excluding carboxylic acids is 2. The molecule has 6 heteroatoms. The largest absolute Gasteiger partial charge is 0.496 e. The number of rotatable bonds is 4. The molecule has 1 aliphatic heterocycles. The van der Waals surface area contributed by atoms with Gasteiger partial charge >= 0.3 is 0 Å². The number of ketones is 1. The number of anilines is 1. The molecule has 134 valence electrons. The topological polar surface area (TPSA) is 68.5 Å². The molecule has 0 fully saturated rings. The number of carbonyl (C=O) groups is 2. The summed E-state index contributed by atoms with van der Waals surface area (Å²) in [5, 5.41) is 2.83. The molecule has 4 rings (SSSR count). The maximum Gasteiger partial charge on any atom is 0.256 e. The highest BCUT2D eigenvalue weighted by Crippen LogP contribution is 2.35. The van der Waals surface area contributed by atoms with Gasteiger partial charge in [-0.3, -0.25) is 9.59 Å². The van der Waals surface area contributed by atoms with E-state index in [1.54, 1.807) is 43.5 Å². The van der Waals surface area contributed by atoms with Gasteiger partial charge in [0.1, 0.15) is 5.75 Å². The van der Waals surface area contributed by atoms with Crippen molar-refractivity contribution in [1.82, 2.24) is 0 Å². The number of ether oxygens (including phenoxy) is 1. The van der Waals surface area contributed by atoms with Crippen LogP contribution in [0.5, 0.6) is 5.75 Å². The number of halogens is 1. The van der Waals surface area contributed by atoms with Crippen molar-refractivity contribution in [2.45, 2.75) is 0 Å². The molecule has 0 spiro atoms. The summed E-state index contributed by atoms with van der Waals surface area (Å²) >= 11 is 3.45. The summed E-state index contributed by atoms with van der Waals surface area (Å²) in [5.74, 6) is 0.532. The van der Waals surface area contributed by atoms with Crippen molar-refractivity contribution in [1.29, 1.82) is 0 Å². The fourth-order valence-electron chi connectivity index (χ4n) is 2.96. The number of furan rings is 1. The lowest BCUT2D eigenvalue weighted by Gasteiger charge is -2.05. The second-order valence-corrected chi connectivity index (χ2v) is 6.83. The fourth-order valence-corrected chi connectivity index (χ4v) is 3.52. The first-order valence-corrected chi connectivity index (χ1v) is 8.95. The van der Waals surface area contributed by atoms with E-state index in [0.717, 1.165) is 10.0 Å². The first-order valence-electron chi connectivity index (χ1n) is 8.16. The van der Waals surface area contributed by atoms with Crippen molar-refractivity contribution in [3.63, 3.8) is 0 Å². The van der Waals surface area contributed by atoms with Crippen molar-refractivity contribution < 1.29 is 18.7 Å². The molecule has 1 amide bonds. The van der Waals surface area contributed by atoms with E-state index in [1.807, 2.05) is 18.2 Å². The Balaban J connectivity index is 1.75. The molecular weight excluding hydrogens is 410 g/mol. The van der Waals surface area contributed by atoms with Crippen molar-refractivity contribution in [2.24, 2.45) is 0 Å². The number of hydrogen-bond acceptors (Lipinski definition) is 4. The summed E-state index contributed by atoms with van der Waals surface area (Å²) in [6, 6.07) is 14.0. The Morgan fingerprint density at radius 1 is 1.19 bits per heavy atom. The van der Waals surface area contributed by atoms with Crippen LogP contribution < -0.4 is 10.1 Å². The number of fused-ring (bicyclic) bond motifs is 1. The second-order valence-electron chi connectivity index (χ2n) is 5.97. The number of hydrogen-bond donors (Lipinski definition) is 1. The predicted molar refractivity (Wildman–Crippen MR) is 106 cm³/mol. The summed E-state index contributed by atoms with van der Waals surface area (Å²) in [7, 11) is 1.59. The van der Waals surface area contributed by atoms with Crippen LogP contribution in [0.2, 0.25) is 0 Å². The van der Waals surface area contributed by atoms with Gasteiger partial charge in [-0.15, -0.1) is 0 Å². The monoisotopic (exact) mass is 423 g/mol. The zero-order valence-electron chi connectivity index (χ0n) is 14.3. The fraction of sp³-hybridized carbons (Fsp3) is 0.0476. The Labute approximate surface area is 163 Å². The molecule has 1 aliphatic rings. The number of benzene rings is 2. The lowest BCUT2D eigenvalue weighted by molar-refractivity contribution is -0.110. The minimum Gasteiger partial charge on any atom is -0.496 e. The Kier molecular flexibility index (Phi) is 4.41. The normalized spacial score (nSPS) is 14.1. The third-order valence-corrected chi connectivity index (χ3v) is 4.92. The number of amides is 1. The van der Waals surface area contributed by atoms with Crippen LogP contribution in [-0.4, -0.2) is 18.8 Å². The van der Waals surface area contributed by atoms with E-state index in [2.05, 4.69) is 21.2 Å². The van der Waals surface area contributed by atoms with Crippen LogP contribution in [0.25, 0.3) is 11.6 Å². The van der Waals surface area contributed by atoms with Crippen molar-refractivity contribution in [2.75, 3.05) is 12.4 Å². The van der Waals surface area contributed by atoms with Crippen LogP contribution >= 0.6 is 15.9 Å². The molecule has 0 saturated heterocycles. The van der Waals surface area contributed by atoms with Crippen LogP contribution in [0, 0.1) is 0 Å². The standard InChI is InChI=1S/C21H14BrNO4/c1-26-18-7-4-12(10-16(18)22)9-15-14-11-13(5-6-17(14)23-21(15)25)20(24)19-3-2-8-27-19/h2-11H,1H3,(H,23,25)/b15-9-. The average Bonchev–Trinajstić information content (AvgIpc) is 3.30. The van der Waals surface area contributed by atoms with E-state index in [9.17, 15) is 9.59 Å². The molecule has 5 nitrogen and oxygen atoms in total. The van der Waals surface area contributed by atoms with Crippen LogP contribution in [0.4, 0.5) is 5.69 Å². The second kappa shape index (κ2) is 6.89. The van der Waals surface area contributed by atoms with Crippen LogP contribution in [0.15, 0.2) is 63.7 Å². The minimum atomic E-state index is -0.228. The van der Waals surface area contributed by atoms with Gasteiger partial charge in [0.05, 0.1) is 17.8 Å². The summed E-state index contributed by atoms with van der Waals surface area (Å²) in [5.41, 5.74) is 3.15. The highest BCUT2D eigenvalue weighted by molar-refractivity contribution is 9.10. The molecule has 0 bridgehead atoms. The maximum atomic E-state index is 12.5. The van der Waals surface area contributed by atoms with E-state index in [0.29, 0.717) is 28.1 Å². The Morgan fingerprint density at radius 2 is 2.04 bits per heavy atom. The summed E-state index contributed by atoms with van der Waals surface area (Å²) < 4.78 is 11.2. The Morgan fingerprint density at radius 3 is 2.74 bits per heavy atom. The van der Waals surface area contributed by atoms with Gasteiger partial charge in [0.2, 0.25) is 5.78 Å². The van der Waals surface area contributed by atoms with Gasteiger partial charge in [-0.25, -0.2) is 0 Å². The molecule has 0 unspecified atom stereocenters. The van der Waals surface area contributed by atoms with Crippen molar-refractivity contribution in [3.05, 3.63) is 81.7 Å². The lowest BCUT2D eigenvalue weighted by atomic mass is 9.99. The summed E-state index contributed by atoms with van der Waals surface area (Å²) in [4.78, 5) is 25.0. The van der Waals surface area contributed by atoms with Gasteiger partial charge < -0.3 is 14.5 Å². The molecule has 27 heavy (non-hydrogen) atoms. The average molecular weight is 424 g/mol. The number of nitrogens with one attached hydrogen (secondary N) is 1. The smallest absolute Gasteiger partial charge is 0.256 e. The molecule has 0 radical (unpaired) electrons. The Hall–Kier alpha value is -3.12. The van der Waals surface area contributed by atoms with Crippen LogP contribution in [0.3, 0.4) is 0 Å². The minimum absolute atomic E-state index is 0.209. The maximum absolute atomic E-state index is 12.5. The highest BCUT2D eigenvalue weighted by atomic mass is 79.9. The zero-order chi connectivity index (χ0) is 19.0. The molecule has 0 saturated carbocycles. The van der Waals surface area contributed by atoms with Gasteiger partial charge in [-0.1, -0.05) is 6.07 Å². The summed E-state index contributed by atoms with van der Waals surface area (Å²) in [6.45, 7) is 0. The first-order chi connectivity index (χ1) is 13.1. The molecular formula is C21H14BrNO4. The van der Waals surface area contributed by atoms with Crippen LogP contribution in [0.1, 0.15) is 27.2 Å². The van der Waals surface area contributed by atoms with E-state index >= 15 is 0 Å². The van der Waals surface area contributed by atoms with E-state index in [-0.39, 0.29) is 17.5 Å². The third kappa shape index (κ3) is 3.19. The van der Waals surface area contributed by atoms with Crippen LogP contribution in [-0.2, 0) is 4.79 Å². The first kappa shape index (κ1) is 17.3. The van der Waals surface area contributed by atoms with Gasteiger partial charge in [0, 0.05) is 22.4 Å².